The van der Waals surface area contributed by atoms with Gasteiger partial charge in [0.1, 0.15) is 0 Å². The van der Waals surface area contributed by atoms with Gasteiger partial charge in [0.25, 0.3) is 0 Å². The van der Waals surface area contributed by atoms with Crippen LogP contribution in [0.4, 0.5) is 0 Å². The molecule has 0 aliphatic heterocycles. The topological polar surface area (TPSA) is 29.9 Å². The van der Waals surface area contributed by atoms with Crippen molar-refractivity contribution in [1.82, 2.24) is 14.9 Å². The Labute approximate surface area is 144 Å². The second-order valence-corrected chi connectivity index (χ2v) is 8.21. The number of imidazole rings is 1. The van der Waals surface area contributed by atoms with E-state index in [4.69, 9.17) is 0 Å². The Morgan fingerprint density at radius 3 is 2.71 bits per heavy atom. The molecule has 126 valence electrons. The van der Waals surface area contributed by atoms with Crippen molar-refractivity contribution in [3.05, 3.63) is 48.5 Å². The van der Waals surface area contributed by atoms with Gasteiger partial charge in [0.05, 0.1) is 6.33 Å². The highest BCUT2D eigenvalue weighted by Gasteiger charge is 2.53. The van der Waals surface area contributed by atoms with Crippen LogP contribution in [0.2, 0.25) is 0 Å². The normalized spacial score (nSPS) is 35.3. The molecule has 6 unspecified atom stereocenters. The molecule has 5 rings (SSSR count). The van der Waals surface area contributed by atoms with Crippen LogP contribution in [0, 0.1) is 23.7 Å². The minimum atomic E-state index is 0.436. The quantitative estimate of drug-likeness (QED) is 0.907. The number of benzene rings is 1. The van der Waals surface area contributed by atoms with Crippen molar-refractivity contribution in [1.29, 1.82) is 0 Å². The van der Waals surface area contributed by atoms with Crippen molar-refractivity contribution in [3.63, 3.8) is 0 Å². The van der Waals surface area contributed by atoms with Crippen LogP contribution in [0.3, 0.4) is 0 Å². The number of hydrogen-bond acceptors (Lipinski definition) is 2. The van der Waals surface area contributed by atoms with E-state index in [1.807, 2.05) is 18.7 Å². The maximum Gasteiger partial charge on any atom is 0.0991 e. The van der Waals surface area contributed by atoms with Crippen LogP contribution in [0.25, 0.3) is 5.69 Å². The fourth-order valence-corrected chi connectivity index (χ4v) is 6.02. The molecular weight excluding hydrogens is 294 g/mol. The van der Waals surface area contributed by atoms with Crippen molar-refractivity contribution in [2.24, 2.45) is 23.7 Å². The average molecular weight is 321 g/mol. The summed E-state index contributed by atoms with van der Waals surface area (Å²) in [6.45, 7) is 2.32. The van der Waals surface area contributed by atoms with E-state index in [0.717, 1.165) is 29.7 Å². The van der Waals surface area contributed by atoms with Gasteiger partial charge in [-0.3, -0.25) is 0 Å². The summed E-state index contributed by atoms with van der Waals surface area (Å²) >= 11 is 0. The molecule has 3 saturated carbocycles. The third-order valence-electron chi connectivity index (χ3n) is 7.09. The highest BCUT2D eigenvalue weighted by molar-refractivity contribution is 5.35. The van der Waals surface area contributed by atoms with Crippen molar-refractivity contribution < 1.29 is 0 Å². The molecule has 1 heterocycles. The van der Waals surface area contributed by atoms with E-state index in [1.54, 1.807) is 0 Å². The van der Waals surface area contributed by atoms with Gasteiger partial charge in [-0.2, -0.15) is 0 Å². The highest BCUT2D eigenvalue weighted by Crippen LogP contribution is 2.58. The first kappa shape index (κ1) is 14.7. The lowest BCUT2D eigenvalue weighted by Crippen LogP contribution is -2.40. The lowest BCUT2D eigenvalue weighted by molar-refractivity contribution is 0.200. The molecule has 3 nitrogen and oxygen atoms in total. The lowest BCUT2D eigenvalue weighted by Gasteiger charge is -2.34. The van der Waals surface area contributed by atoms with Crippen molar-refractivity contribution >= 4 is 0 Å². The van der Waals surface area contributed by atoms with Gasteiger partial charge in [0.15, 0.2) is 0 Å². The highest BCUT2D eigenvalue weighted by atomic mass is 15.0. The number of rotatable bonds is 4. The Hall–Kier alpha value is -1.61. The van der Waals surface area contributed by atoms with Gasteiger partial charge in [-0.15, -0.1) is 0 Å². The van der Waals surface area contributed by atoms with Crippen LogP contribution in [-0.2, 0) is 0 Å². The van der Waals surface area contributed by atoms with Gasteiger partial charge in [-0.25, -0.2) is 4.98 Å². The monoisotopic (exact) mass is 321 g/mol. The zero-order valence-corrected chi connectivity index (χ0v) is 14.4. The Balaban J connectivity index is 1.27. The van der Waals surface area contributed by atoms with Crippen LogP contribution < -0.4 is 5.32 Å². The summed E-state index contributed by atoms with van der Waals surface area (Å²) in [6, 6.07) is 10.1. The van der Waals surface area contributed by atoms with Gasteiger partial charge in [0, 0.05) is 30.2 Å². The van der Waals surface area contributed by atoms with Crippen molar-refractivity contribution in [2.75, 3.05) is 0 Å². The fraction of sp³-hybridized carbons (Fsp3) is 0.571. The molecule has 3 fully saturated rings. The summed E-state index contributed by atoms with van der Waals surface area (Å²) in [4.78, 5) is 4.12. The van der Waals surface area contributed by atoms with E-state index in [-0.39, 0.29) is 0 Å². The van der Waals surface area contributed by atoms with Gasteiger partial charge in [-0.1, -0.05) is 18.6 Å². The zero-order chi connectivity index (χ0) is 16.1. The van der Waals surface area contributed by atoms with Gasteiger partial charge in [0.2, 0.25) is 0 Å². The Morgan fingerprint density at radius 2 is 1.92 bits per heavy atom. The summed E-state index contributed by atoms with van der Waals surface area (Å²) in [7, 11) is 0. The second-order valence-electron chi connectivity index (χ2n) is 8.21. The number of aromatic nitrogens is 2. The first-order valence-corrected chi connectivity index (χ1v) is 9.64. The van der Waals surface area contributed by atoms with Gasteiger partial charge < -0.3 is 9.88 Å². The summed E-state index contributed by atoms with van der Waals surface area (Å²) in [5, 5.41) is 3.97. The first-order chi connectivity index (χ1) is 11.8. The number of fused-ring (bicyclic) bond motifs is 5. The lowest BCUT2D eigenvalue weighted by atomic mass is 9.79. The van der Waals surface area contributed by atoms with Crippen LogP contribution in [0.1, 0.15) is 50.6 Å². The zero-order valence-electron chi connectivity index (χ0n) is 14.4. The summed E-state index contributed by atoms with van der Waals surface area (Å²) in [6.07, 6.45) is 13.1. The molecule has 3 aliphatic carbocycles. The first-order valence-electron chi connectivity index (χ1n) is 9.64. The molecule has 3 aliphatic rings. The minimum Gasteiger partial charge on any atom is -0.307 e. The van der Waals surface area contributed by atoms with Crippen molar-refractivity contribution in [3.8, 4) is 5.69 Å². The van der Waals surface area contributed by atoms with Crippen LogP contribution in [0.15, 0.2) is 43.0 Å². The Bertz CT molecular complexity index is 690. The van der Waals surface area contributed by atoms with Gasteiger partial charge in [-0.05, 0) is 74.0 Å². The molecule has 1 aromatic heterocycles. The number of hydrogen-bond donors (Lipinski definition) is 1. The average Bonchev–Trinajstić information content (AvgIpc) is 3.36. The standard InChI is InChI=1S/C21H27N3/c1-14(15-5-7-17(8-6-15)24-10-9-22-13-24)23-21-12-16-11-20(21)19-4-2-3-18(16)19/h5-10,13-14,16,18-21,23H,2-4,11-12H2,1H3. The van der Waals surface area contributed by atoms with E-state index in [1.165, 1.54) is 43.4 Å². The summed E-state index contributed by atoms with van der Waals surface area (Å²) in [5.41, 5.74) is 2.57. The fourth-order valence-electron chi connectivity index (χ4n) is 6.02. The smallest absolute Gasteiger partial charge is 0.0991 e. The van der Waals surface area contributed by atoms with Crippen LogP contribution in [-0.4, -0.2) is 15.6 Å². The number of nitrogens with zero attached hydrogens (tertiary/aromatic N) is 2. The van der Waals surface area contributed by atoms with E-state index < -0.39 is 0 Å². The van der Waals surface area contributed by atoms with E-state index in [9.17, 15) is 0 Å². The summed E-state index contributed by atoms with van der Waals surface area (Å²) < 4.78 is 2.05. The molecule has 0 amide bonds. The summed E-state index contributed by atoms with van der Waals surface area (Å²) in [5.74, 6) is 4.10. The maximum absolute atomic E-state index is 4.12. The molecule has 1 N–H and O–H groups in total. The SMILES string of the molecule is CC(NC1CC2CC1C1CCCC21)c1ccc(-n2ccnc2)cc1. The number of nitrogens with one attached hydrogen (secondary N) is 1. The molecule has 2 aromatic rings. The largest absolute Gasteiger partial charge is 0.307 e. The van der Waals surface area contributed by atoms with E-state index in [0.29, 0.717) is 6.04 Å². The molecule has 24 heavy (non-hydrogen) atoms. The maximum atomic E-state index is 4.12. The third kappa shape index (κ3) is 2.33. The molecule has 3 heteroatoms. The third-order valence-corrected chi connectivity index (χ3v) is 7.09. The second kappa shape index (κ2) is 5.73. The molecule has 0 saturated heterocycles. The molecule has 6 atom stereocenters. The van der Waals surface area contributed by atoms with Crippen LogP contribution in [0.5, 0.6) is 0 Å². The predicted octanol–water partition coefficient (Wildman–Crippen LogP) is 4.35. The predicted molar refractivity (Wildman–Crippen MR) is 95.9 cm³/mol. The molecule has 1 aromatic carbocycles. The van der Waals surface area contributed by atoms with Crippen molar-refractivity contribution in [2.45, 2.75) is 51.1 Å². The minimum absolute atomic E-state index is 0.436. The molecule has 2 bridgehead atoms. The molecule has 0 spiro atoms. The van der Waals surface area contributed by atoms with E-state index in [2.05, 4.69) is 46.1 Å². The Morgan fingerprint density at radius 1 is 1.08 bits per heavy atom. The van der Waals surface area contributed by atoms with Crippen LogP contribution >= 0.6 is 0 Å². The van der Waals surface area contributed by atoms with E-state index >= 15 is 0 Å². The van der Waals surface area contributed by atoms with Gasteiger partial charge >= 0.3 is 0 Å². The molecular formula is C21H27N3. The Kier molecular flexibility index (Phi) is 3.51. The molecule has 0 radical (unpaired) electrons.